The molecule has 1 aliphatic heterocycles. The van der Waals surface area contributed by atoms with E-state index in [-0.39, 0.29) is 29.5 Å². The second-order valence-corrected chi connectivity index (χ2v) is 10.8. The first kappa shape index (κ1) is 27.0. The van der Waals surface area contributed by atoms with E-state index in [9.17, 15) is 14.0 Å². The number of anilines is 1. The van der Waals surface area contributed by atoms with Crippen molar-refractivity contribution < 1.29 is 14.0 Å². The molecular formula is C32H37FN4O2. The lowest BCUT2D eigenvalue weighted by molar-refractivity contribution is -0.125. The highest BCUT2D eigenvalue weighted by molar-refractivity contribution is 5.94. The van der Waals surface area contributed by atoms with Crippen LogP contribution in [-0.2, 0) is 15.1 Å². The first-order valence-corrected chi connectivity index (χ1v) is 14.0. The second kappa shape index (κ2) is 12.1. The number of carbonyl (C=O) groups is 2. The molecule has 2 amide bonds. The summed E-state index contributed by atoms with van der Waals surface area (Å²) in [5.74, 6) is -0.142. The monoisotopic (exact) mass is 528 g/mol. The molecule has 0 bridgehead atoms. The summed E-state index contributed by atoms with van der Waals surface area (Å²) >= 11 is 0. The number of nitrogens with one attached hydrogen (secondary N) is 2. The van der Waals surface area contributed by atoms with Gasteiger partial charge in [0.05, 0.1) is 0 Å². The Hall–Kier alpha value is -3.55. The molecule has 0 radical (unpaired) electrons. The number of nitrogens with zero attached hydrogens (tertiary/aromatic N) is 1. The number of carbonyl (C=O) groups excluding carboxylic acids is 2. The molecule has 0 aromatic heterocycles. The van der Waals surface area contributed by atoms with E-state index < -0.39 is 5.54 Å². The fourth-order valence-electron chi connectivity index (χ4n) is 5.47. The van der Waals surface area contributed by atoms with Gasteiger partial charge in [0.15, 0.2) is 0 Å². The van der Waals surface area contributed by atoms with Crippen LogP contribution in [0.1, 0.15) is 54.7 Å². The Bertz CT molecular complexity index is 1230. The van der Waals surface area contributed by atoms with Crippen molar-refractivity contribution in [3.8, 4) is 0 Å². The van der Waals surface area contributed by atoms with Crippen molar-refractivity contribution in [2.75, 3.05) is 31.5 Å². The number of amides is 2. The van der Waals surface area contributed by atoms with Crippen LogP contribution in [-0.4, -0.2) is 42.9 Å². The predicted molar refractivity (Wildman–Crippen MR) is 152 cm³/mol. The van der Waals surface area contributed by atoms with E-state index in [0.717, 1.165) is 62.9 Å². The zero-order valence-corrected chi connectivity index (χ0v) is 22.2. The van der Waals surface area contributed by atoms with Gasteiger partial charge in [0.2, 0.25) is 11.8 Å². The van der Waals surface area contributed by atoms with Crippen LogP contribution in [0.25, 0.3) is 0 Å². The van der Waals surface area contributed by atoms with Gasteiger partial charge in [-0.25, -0.2) is 4.39 Å². The summed E-state index contributed by atoms with van der Waals surface area (Å²) in [6.45, 7) is 3.10. The standard InChI is InChI=1S/C32H37FN4O2/c33-29-15-14-27(36-30(38)24-12-13-24)22-28(29)23-16-20-37(21-17-23)19-7-18-35-31(39)32(34,25-8-3-1-4-9-25)26-10-5-2-6-11-26/h1-6,8-11,14-15,22-24H,7,12-13,16-21,34H2,(H,35,39)(H,36,38). The number of halogens is 1. The van der Waals surface area contributed by atoms with Crippen LogP contribution in [0.15, 0.2) is 78.9 Å². The Morgan fingerprint density at radius 1 is 0.897 bits per heavy atom. The second-order valence-electron chi connectivity index (χ2n) is 10.8. The number of hydrogen-bond acceptors (Lipinski definition) is 4. The molecule has 1 heterocycles. The van der Waals surface area contributed by atoms with Gasteiger partial charge in [0, 0.05) is 18.2 Å². The number of rotatable bonds is 10. The lowest BCUT2D eigenvalue weighted by Crippen LogP contribution is -2.52. The zero-order chi connectivity index (χ0) is 27.2. The molecule has 1 saturated carbocycles. The van der Waals surface area contributed by atoms with Crippen molar-refractivity contribution in [1.29, 1.82) is 0 Å². The van der Waals surface area contributed by atoms with E-state index in [1.54, 1.807) is 6.07 Å². The molecule has 1 saturated heterocycles. The maximum absolute atomic E-state index is 14.6. The Morgan fingerprint density at radius 3 is 2.10 bits per heavy atom. The van der Waals surface area contributed by atoms with Crippen molar-refractivity contribution in [1.82, 2.24) is 10.2 Å². The topological polar surface area (TPSA) is 87.5 Å². The average Bonchev–Trinajstić information content (AvgIpc) is 3.83. The highest BCUT2D eigenvalue weighted by atomic mass is 19.1. The van der Waals surface area contributed by atoms with Crippen LogP contribution < -0.4 is 16.4 Å². The molecule has 4 N–H and O–H groups in total. The number of likely N-dealkylation sites (tertiary alicyclic amines) is 1. The van der Waals surface area contributed by atoms with E-state index in [1.165, 1.54) is 6.07 Å². The minimum absolute atomic E-state index is 0.0360. The molecule has 3 aromatic carbocycles. The number of nitrogens with two attached hydrogens (primary N) is 1. The van der Waals surface area contributed by atoms with Crippen LogP contribution >= 0.6 is 0 Å². The van der Waals surface area contributed by atoms with Gasteiger partial charge in [-0.05, 0) is 92.5 Å². The van der Waals surface area contributed by atoms with Gasteiger partial charge in [-0.3, -0.25) is 9.59 Å². The maximum Gasteiger partial charge on any atom is 0.249 e. The third-order valence-corrected chi connectivity index (χ3v) is 7.99. The molecule has 7 heteroatoms. The van der Waals surface area contributed by atoms with Crippen LogP contribution in [0, 0.1) is 11.7 Å². The summed E-state index contributed by atoms with van der Waals surface area (Å²) in [4.78, 5) is 27.8. The molecule has 2 fully saturated rings. The minimum Gasteiger partial charge on any atom is -0.354 e. The van der Waals surface area contributed by atoms with Crippen LogP contribution in [0.3, 0.4) is 0 Å². The first-order valence-electron chi connectivity index (χ1n) is 14.0. The highest BCUT2D eigenvalue weighted by Crippen LogP contribution is 2.34. The van der Waals surface area contributed by atoms with Gasteiger partial charge in [-0.1, -0.05) is 60.7 Å². The Balaban J connectivity index is 1.11. The summed E-state index contributed by atoms with van der Waals surface area (Å²) in [6.07, 6.45) is 4.39. The SMILES string of the molecule is NC(C(=O)NCCCN1CCC(c2cc(NC(=O)C3CC3)ccc2F)CC1)(c1ccccc1)c1ccccc1. The van der Waals surface area contributed by atoms with Crippen molar-refractivity contribution in [3.63, 3.8) is 0 Å². The molecule has 6 nitrogen and oxygen atoms in total. The third-order valence-electron chi connectivity index (χ3n) is 7.99. The molecule has 1 aliphatic carbocycles. The van der Waals surface area contributed by atoms with Crippen molar-refractivity contribution in [2.24, 2.45) is 11.7 Å². The summed E-state index contributed by atoms with van der Waals surface area (Å²) < 4.78 is 14.6. The third kappa shape index (κ3) is 6.37. The highest BCUT2D eigenvalue weighted by Gasteiger charge is 2.37. The lowest BCUT2D eigenvalue weighted by Gasteiger charge is -2.33. The van der Waals surface area contributed by atoms with E-state index >= 15 is 0 Å². The van der Waals surface area contributed by atoms with Gasteiger partial charge >= 0.3 is 0 Å². The zero-order valence-electron chi connectivity index (χ0n) is 22.2. The largest absolute Gasteiger partial charge is 0.354 e. The normalized spacial score (nSPS) is 16.6. The molecule has 39 heavy (non-hydrogen) atoms. The molecule has 2 aliphatic rings. The van der Waals surface area contributed by atoms with Crippen molar-refractivity contribution in [3.05, 3.63) is 101 Å². The number of benzene rings is 3. The van der Waals surface area contributed by atoms with Gasteiger partial charge in [-0.15, -0.1) is 0 Å². The molecule has 0 unspecified atom stereocenters. The number of hydrogen-bond donors (Lipinski definition) is 3. The maximum atomic E-state index is 14.6. The Labute approximate surface area is 229 Å². The molecule has 0 spiro atoms. The first-order chi connectivity index (χ1) is 18.9. The smallest absolute Gasteiger partial charge is 0.249 e. The van der Waals surface area contributed by atoms with Crippen LogP contribution in [0.5, 0.6) is 0 Å². The summed E-state index contributed by atoms with van der Waals surface area (Å²) in [5.41, 5.74) is 8.38. The van der Waals surface area contributed by atoms with Gasteiger partial charge in [0.25, 0.3) is 0 Å². The van der Waals surface area contributed by atoms with Gasteiger partial charge < -0.3 is 21.3 Å². The summed E-state index contributed by atoms with van der Waals surface area (Å²) in [5, 5.41) is 6.00. The van der Waals surface area contributed by atoms with E-state index in [1.807, 2.05) is 66.7 Å². The van der Waals surface area contributed by atoms with Gasteiger partial charge in [-0.2, -0.15) is 0 Å². The quantitative estimate of drug-likeness (QED) is 0.331. The van der Waals surface area contributed by atoms with Gasteiger partial charge in [0.1, 0.15) is 11.4 Å². The lowest BCUT2D eigenvalue weighted by atomic mass is 9.83. The molecule has 204 valence electrons. The molecule has 5 rings (SSSR count). The average molecular weight is 529 g/mol. The van der Waals surface area contributed by atoms with Crippen LogP contribution in [0.4, 0.5) is 10.1 Å². The Morgan fingerprint density at radius 2 is 1.51 bits per heavy atom. The fraction of sp³-hybridized carbons (Fsp3) is 0.375. The summed E-state index contributed by atoms with van der Waals surface area (Å²) in [6, 6.07) is 23.9. The fourth-order valence-corrected chi connectivity index (χ4v) is 5.47. The van der Waals surface area contributed by atoms with E-state index in [4.69, 9.17) is 5.73 Å². The molecule has 3 aromatic rings. The van der Waals surface area contributed by atoms with E-state index in [0.29, 0.717) is 17.8 Å². The van der Waals surface area contributed by atoms with E-state index in [2.05, 4.69) is 15.5 Å². The molecule has 0 atom stereocenters. The number of piperidine rings is 1. The molecular weight excluding hydrogens is 491 g/mol. The predicted octanol–water partition coefficient (Wildman–Crippen LogP) is 4.76. The Kier molecular flexibility index (Phi) is 8.38. The summed E-state index contributed by atoms with van der Waals surface area (Å²) in [7, 11) is 0. The van der Waals surface area contributed by atoms with Crippen LogP contribution in [0.2, 0.25) is 0 Å². The minimum atomic E-state index is -1.27. The van der Waals surface area contributed by atoms with Crippen molar-refractivity contribution >= 4 is 17.5 Å². The van der Waals surface area contributed by atoms with Crippen molar-refractivity contribution in [2.45, 2.75) is 43.6 Å².